The van der Waals surface area contributed by atoms with Crippen molar-refractivity contribution < 1.29 is 19.7 Å². The van der Waals surface area contributed by atoms with Crippen molar-refractivity contribution in [2.24, 2.45) is 5.41 Å². The molecule has 6 rings (SSSR count). The second kappa shape index (κ2) is 9.48. The van der Waals surface area contributed by atoms with Crippen LogP contribution >= 0.6 is 15.9 Å². The molecule has 200 valence electrons. The van der Waals surface area contributed by atoms with E-state index in [1.807, 2.05) is 78.4 Å². The largest absolute Gasteiger partial charge is 0.493 e. The van der Waals surface area contributed by atoms with Gasteiger partial charge in [0.05, 0.1) is 33.6 Å². The average Bonchev–Trinajstić information content (AvgIpc) is 3.43. The van der Waals surface area contributed by atoms with Gasteiger partial charge in [0.1, 0.15) is 35.4 Å². The molecule has 4 N–H and O–H groups in total. The quantitative estimate of drug-likeness (QED) is 0.245. The Bertz CT molecular complexity index is 1680. The van der Waals surface area contributed by atoms with Gasteiger partial charge in [-0.15, -0.1) is 0 Å². The smallest absolute Gasteiger partial charge is 0.231 e. The molecular weight excluding hydrogens is 562 g/mol. The Kier molecular flexibility index (Phi) is 6.21. The Hall–Kier alpha value is -3.73. The molecule has 39 heavy (non-hydrogen) atoms. The van der Waals surface area contributed by atoms with Crippen LogP contribution in [0.4, 0.5) is 5.82 Å². The Morgan fingerprint density at radius 2 is 1.87 bits per heavy atom. The van der Waals surface area contributed by atoms with E-state index in [4.69, 9.17) is 15.2 Å². The van der Waals surface area contributed by atoms with E-state index < -0.39 is 23.2 Å². The second-order valence-corrected chi connectivity index (χ2v) is 11.3. The van der Waals surface area contributed by atoms with E-state index in [1.165, 1.54) is 6.33 Å². The summed E-state index contributed by atoms with van der Waals surface area (Å²) in [4.78, 5) is 13.2. The number of benzene rings is 2. The standard InChI is InChI=1S/C29H28BrN5O4/c1-28(15-38-19-9-8-17-12-21(30)25(31)34-22(17)13-19)14-23(24(36)29(28,2)37)35-11-10-20-26(35)32-16-33-27(20)39-18-6-4-3-5-7-18/h3-13,16,23-24,36-37H,14-15H2,1-2H3,(H2,31,34). The fraction of sp³-hybridized carbons (Fsp3) is 0.276. The Morgan fingerprint density at radius 1 is 1.08 bits per heavy atom. The zero-order chi connectivity index (χ0) is 27.4. The zero-order valence-electron chi connectivity index (χ0n) is 21.5. The summed E-state index contributed by atoms with van der Waals surface area (Å²) in [6.45, 7) is 3.77. The number of rotatable bonds is 6. The van der Waals surface area contributed by atoms with Gasteiger partial charge in [-0.25, -0.2) is 15.0 Å². The lowest BCUT2D eigenvalue weighted by atomic mass is 9.77. The van der Waals surface area contributed by atoms with Crippen LogP contribution < -0.4 is 15.2 Å². The number of nitrogen functional groups attached to an aromatic ring is 1. The van der Waals surface area contributed by atoms with Gasteiger partial charge in [0.15, 0.2) is 0 Å². The Labute approximate surface area is 233 Å². The van der Waals surface area contributed by atoms with Gasteiger partial charge >= 0.3 is 0 Å². The number of aliphatic hydroxyl groups is 2. The highest BCUT2D eigenvalue weighted by Gasteiger charge is 2.59. The minimum Gasteiger partial charge on any atom is -0.493 e. The number of hydrogen-bond acceptors (Lipinski definition) is 8. The van der Waals surface area contributed by atoms with Crippen LogP contribution in [0.15, 0.2) is 77.7 Å². The first kappa shape index (κ1) is 25.5. The third kappa shape index (κ3) is 4.38. The van der Waals surface area contributed by atoms with Gasteiger partial charge in [0.25, 0.3) is 0 Å². The van der Waals surface area contributed by atoms with Crippen molar-refractivity contribution in [3.8, 4) is 17.4 Å². The SMILES string of the molecule is CC1(COc2ccc3cc(Br)c(N)nc3c2)CC(n2ccc3c(Oc4ccccc4)ncnc32)C(O)C1(C)O. The molecule has 0 amide bonds. The van der Waals surface area contributed by atoms with Crippen LogP contribution in [0, 0.1) is 5.41 Å². The minimum atomic E-state index is -1.44. The van der Waals surface area contributed by atoms with Gasteiger partial charge in [-0.3, -0.25) is 0 Å². The molecule has 1 fully saturated rings. The van der Waals surface area contributed by atoms with E-state index in [0.29, 0.717) is 46.2 Å². The van der Waals surface area contributed by atoms with Crippen LogP contribution in [0.3, 0.4) is 0 Å². The zero-order valence-corrected chi connectivity index (χ0v) is 23.0. The van der Waals surface area contributed by atoms with Gasteiger partial charge in [0, 0.05) is 23.1 Å². The second-order valence-electron chi connectivity index (χ2n) is 10.5. The number of aromatic nitrogens is 4. The predicted octanol–water partition coefficient (Wildman–Crippen LogP) is 5.26. The summed E-state index contributed by atoms with van der Waals surface area (Å²) in [6, 6.07) is 18.3. The van der Waals surface area contributed by atoms with E-state index in [1.54, 1.807) is 6.92 Å². The van der Waals surface area contributed by atoms with E-state index >= 15 is 0 Å². The number of halogens is 1. The third-order valence-corrected chi connectivity index (χ3v) is 8.57. The molecule has 1 aliphatic carbocycles. The summed E-state index contributed by atoms with van der Waals surface area (Å²) in [5.74, 6) is 2.09. The topological polar surface area (TPSA) is 129 Å². The van der Waals surface area contributed by atoms with Gasteiger partial charge in [-0.1, -0.05) is 25.1 Å². The van der Waals surface area contributed by atoms with Gasteiger partial charge < -0.3 is 30.0 Å². The van der Waals surface area contributed by atoms with E-state index in [0.717, 1.165) is 9.86 Å². The van der Waals surface area contributed by atoms with Crippen molar-refractivity contribution in [2.45, 2.75) is 38.0 Å². The van der Waals surface area contributed by atoms with E-state index in [-0.39, 0.29) is 6.61 Å². The Balaban J connectivity index is 1.26. The highest BCUT2D eigenvalue weighted by atomic mass is 79.9. The van der Waals surface area contributed by atoms with Gasteiger partial charge in [-0.05, 0) is 65.7 Å². The summed E-state index contributed by atoms with van der Waals surface area (Å²) >= 11 is 3.40. The van der Waals surface area contributed by atoms with Crippen LogP contribution in [-0.2, 0) is 0 Å². The van der Waals surface area contributed by atoms with Crippen molar-refractivity contribution in [1.29, 1.82) is 0 Å². The molecule has 4 unspecified atom stereocenters. The maximum absolute atomic E-state index is 11.6. The minimum absolute atomic E-state index is 0.182. The molecule has 9 nitrogen and oxygen atoms in total. The molecule has 1 saturated carbocycles. The number of ether oxygens (including phenoxy) is 2. The normalized spacial score (nSPS) is 24.8. The number of fused-ring (bicyclic) bond motifs is 2. The molecule has 10 heteroatoms. The number of nitrogens with zero attached hydrogens (tertiary/aromatic N) is 4. The first-order valence-electron chi connectivity index (χ1n) is 12.6. The molecule has 4 atom stereocenters. The summed E-state index contributed by atoms with van der Waals surface area (Å²) in [7, 11) is 0. The summed E-state index contributed by atoms with van der Waals surface area (Å²) < 4.78 is 14.8. The first-order chi connectivity index (χ1) is 18.7. The number of para-hydroxylation sites is 1. The van der Waals surface area contributed by atoms with Crippen molar-refractivity contribution >= 4 is 43.7 Å². The number of anilines is 1. The average molecular weight is 590 g/mol. The fourth-order valence-electron chi connectivity index (χ4n) is 5.33. The molecule has 5 aromatic rings. The molecule has 0 aliphatic heterocycles. The molecular formula is C29H28BrN5O4. The first-order valence-corrected chi connectivity index (χ1v) is 13.4. The molecule has 0 spiro atoms. The van der Waals surface area contributed by atoms with Crippen LogP contribution in [0.2, 0.25) is 0 Å². The molecule has 3 aromatic heterocycles. The summed E-state index contributed by atoms with van der Waals surface area (Å²) in [6.07, 6.45) is 2.68. The van der Waals surface area contributed by atoms with E-state index in [9.17, 15) is 10.2 Å². The molecule has 0 bridgehead atoms. The molecule has 0 radical (unpaired) electrons. The number of hydrogen-bond donors (Lipinski definition) is 3. The van der Waals surface area contributed by atoms with Gasteiger partial charge in [-0.2, -0.15) is 0 Å². The van der Waals surface area contributed by atoms with Gasteiger partial charge in [0.2, 0.25) is 5.88 Å². The summed E-state index contributed by atoms with van der Waals surface area (Å²) in [5, 5.41) is 24.5. The van der Waals surface area contributed by atoms with Crippen LogP contribution in [0.5, 0.6) is 17.4 Å². The molecule has 2 aromatic carbocycles. The molecule has 1 aliphatic rings. The van der Waals surface area contributed by atoms with Crippen LogP contribution in [-0.4, -0.2) is 48.0 Å². The van der Waals surface area contributed by atoms with Crippen LogP contribution in [0.25, 0.3) is 21.9 Å². The van der Waals surface area contributed by atoms with Crippen molar-refractivity contribution in [1.82, 2.24) is 19.5 Å². The van der Waals surface area contributed by atoms with Crippen molar-refractivity contribution in [2.75, 3.05) is 12.3 Å². The lowest BCUT2D eigenvalue weighted by molar-refractivity contribution is -0.118. The Morgan fingerprint density at radius 3 is 2.67 bits per heavy atom. The highest BCUT2D eigenvalue weighted by Crippen LogP contribution is 2.52. The number of aliphatic hydroxyl groups excluding tert-OH is 1. The predicted molar refractivity (Wildman–Crippen MR) is 152 cm³/mol. The molecule has 3 heterocycles. The highest BCUT2D eigenvalue weighted by molar-refractivity contribution is 9.10. The van der Waals surface area contributed by atoms with Crippen molar-refractivity contribution in [3.05, 3.63) is 77.7 Å². The molecule has 0 saturated heterocycles. The number of pyridine rings is 1. The van der Waals surface area contributed by atoms with E-state index in [2.05, 4.69) is 30.9 Å². The number of nitrogens with two attached hydrogens (primary N) is 1. The lowest BCUT2D eigenvalue weighted by Gasteiger charge is -2.37. The lowest BCUT2D eigenvalue weighted by Crippen LogP contribution is -2.50. The third-order valence-electron chi connectivity index (χ3n) is 7.94. The van der Waals surface area contributed by atoms with Crippen molar-refractivity contribution in [3.63, 3.8) is 0 Å². The maximum Gasteiger partial charge on any atom is 0.231 e. The fourth-order valence-corrected chi connectivity index (χ4v) is 5.67. The monoisotopic (exact) mass is 589 g/mol. The van der Waals surface area contributed by atoms with Crippen LogP contribution in [0.1, 0.15) is 26.3 Å². The maximum atomic E-state index is 11.6. The summed E-state index contributed by atoms with van der Waals surface area (Å²) in [5.41, 5.74) is 5.07.